The maximum atomic E-state index is 12.6. The van der Waals surface area contributed by atoms with Crippen LogP contribution in [0.4, 0.5) is 0 Å². The highest BCUT2D eigenvalue weighted by Crippen LogP contribution is 2.43. The summed E-state index contributed by atoms with van der Waals surface area (Å²) in [6.07, 6.45) is 8.60. The minimum absolute atomic E-state index is 0.00512. The molecule has 3 aliphatic rings. The van der Waals surface area contributed by atoms with Gasteiger partial charge in [0.2, 0.25) is 11.8 Å². The largest absolute Gasteiger partial charge is 0.459 e. The van der Waals surface area contributed by atoms with Gasteiger partial charge < -0.3 is 34.7 Å². The molecular formula is C35H48N2O8. The van der Waals surface area contributed by atoms with Gasteiger partial charge in [0.25, 0.3) is 0 Å². The van der Waals surface area contributed by atoms with Crippen LogP contribution in [0.25, 0.3) is 0 Å². The number of allylic oxidation sites excluding steroid dienone is 2. The summed E-state index contributed by atoms with van der Waals surface area (Å²) in [5.74, 6) is -0.528. The van der Waals surface area contributed by atoms with Crippen molar-refractivity contribution in [2.45, 2.75) is 115 Å². The Balaban J connectivity index is 1.25. The van der Waals surface area contributed by atoms with Gasteiger partial charge in [0, 0.05) is 26.0 Å². The first-order valence-electron chi connectivity index (χ1n) is 15.9. The standard InChI is InChI=1S/C35H48N2O8/c1-22(11-14-30-23(2)17-29(25(4)44-30)37-32(39)16-13-24(3)43-26(5)38)12-15-31-34(41)35(21-42-35)19-28(45-31)18-33(40)36-20-27-9-7-6-8-10-27/h6-13,15-16,23-25,28-31,34,41H,14,17-21H2,1-5H3,(H,36,40)(H,37,39). The molecule has 3 heterocycles. The van der Waals surface area contributed by atoms with Crippen LogP contribution < -0.4 is 10.6 Å². The Morgan fingerprint density at radius 3 is 2.56 bits per heavy atom. The third-order valence-electron chi connectivity index (χ3n) is 8.67. The number of nitrogens with one attached hydrogen (secondary N) is 2. The second-order valence-electron chi connectivity index (χ2n) is 12.6. The lowest BCUT2D eigenvalue weighted by atomic mass is 9.87. The van der Waals surface area contributed by atoms with Crippen LogP contribution in [0.5, 0.6) is 0 Å². The molecule has 0 aromatic heterocycles. The zero-order valence-corrected chi connectivity index (χ0v) is 26.9. The highest BCUT2D eigenvalue weighted by atomic mass is 16.6. The van der Waals surface area contributed by atoms with E-state index in [9.17, 15) is 19.5 Å². The first-order chi connectivity index (χ1) is 21.4. The van der Waals surface area contributed by atoms with Gasteiger partial charge in [-0.1, -0.05) is 61.1 Å². The number of aliphatic hydroxyl groups is 1. The molecule has 0 radical (unpaired) electrons. The van der Waals surface area contributed by atoms with Crippen molar-refractivity contribution in [3.63, 3.8) is 0 Å². The summed E-state index contributed by atoms with van der Waals surface area (Å²) in [6, 6.07) is 9.62. The minimum atomic E-state index is -0.806. The zero-order chi connectivity index (χ0) is 32.6. The average Bonchev–Trinajstić information content (AvgIpc) is 3.77. The second kappa shape index (κ2) is 15.8. The van der Waals surface area contributed by atoms with Gasteiger partial charge >= 0.3 is 5.97 Å². The molecule has 9 unspecified atom stereocenters. The predicted octanol–water partition coefficient (Wildman–Crippen LogP) is 3.68. The molecule has 4 rings (SSSR count). The van der Waals surface area contributed by atoms with E-state index >= 15 is 0 Å². The fourth-order valence-corrected chi connectivity index (χ4v) is 5.96. The molecule has 9 atom stereocenters. The Morgan fingerprint density at radius 2 is 1.87 bits per heavy atom. The minimum Gasteiger partial charge on any atom is -0.459 e. The van der Waals surface area contributed by atoms with E-state index < -0.39 is 29.9 Å². The summed E-state index contributed by atoms with van der Waals surface area (Å²) in [7, 11) is 0. The fourth-order valence-electron chi connectivity index (χ4n) is 5.96. The topological polar surface area (TPSA) is 136 Å². The van der Waals surface area contributed by atoms with Crippen molar-refractivity contribution in [3.05, 3.63) is 71.8 Å². The van der Waals surface area contributed by atoms with Gasteiger partial charge in [-0.2, -0.15) is 0 Å². The van der Waals surface area contributed by atoms with E-state index in [4.69, 9.17) is 18.9 Å². The van der Waals surface area contributed by atoms with Crippen LogP contribution in [0.3, 0.4) is 0 Å². The molecule has 1 aromatic rings. The summed E-state index contributed by atoms with van der Waals surface area (Å²) in [5.41, 5.74) is 1.38. The average molecular weight is 625 g/mol. The number of ether oxygens (including phenoxy) is 4. The van der Waals surface area contributed by atoms with Crippen LogP contribution in [0, 0.1) is 5.92 Å². The molecule has 3 saturated heterocycles. The van der Waals surface area contributed by atoms with Crippen molar-refractivity contribution in [1.82, 2.24) is 10.6 Å². The molecule has 3 fully saturated rings. The molecule has 1 aromatic carbocycles. The molecule has 2 amide bonds. The van der Waals surface area contributed by atoms with Crippen molar-refractivity contribution in [2.75, 3.05) is 6.61 Å². The van der Waals surface area contributed by atoms with Gasteiger partial charge in [0.1, 0.15) is 23.9 Å². The molecule has 0 saturated carbocycles. The number of carbonyl (C=O) groups excluding carboxylic acids is 3. The molecule has 3 aliphatic heterocycles. The normalized spacial score (nSPS) is 32.4. The van der Waals surface area contributed by atoms with Crippen molar-refractivity contribution in [3.8, 4) is 0 Å². The first-order valence-corrected chi connectivity index (χ1v) is 15.9. The molecule has 1 spiro atoms. The molecule has 0 aliphatic carbocycles. The van der Waals surface area contributed by atoms with E-state index in [0.29, 0.717) is 26.0 Å². The number of hydrogen-bond donors (Lipinski definition) is 3. The SMILES string of the molecule is CC(=O)OC(C)C=CC(=O)NC1CC(C)C(CC=C(C)C=CC2OC(CC(=O)NCc3ccccc3)CC3(CO3)C2O)OC1C. The van der Waals surface area contributed by atoms with Crippen LogP contribution >= 0.6 is 0 Å². The van der Waals surface area contributed by atoms with Crippen LogP contribution in [-0.2, 0) is 39.9 Å². The Hall–Kier alpha value is -3.31. The number of hydrogen-bond acceptors (Lipinski definition) is 8. The van der Waals surface area contributed by atoms with Crippen molar-refractivity contribution in [1.29, 1.82) is 0 Å². The lowest BCUT2D eigenvalue weighted by molar-refractivity contribution is -0.145. The quantitative estimate of drug-likeness (QED) is 0.139. The van der Waals surface area contributed by atoms with Gasteiger partial charge in [0.05, 0.1) is 37.4 Å². The Labute approximate surface area is 266 Å². The van der Waals surface area contributed by atoms with Gasteiger partial charge in [-0.15, -0.1) is 0 Å². The molecule has 246 valence electrons. The van der Waals surface area contributed by atoms with Crippen LogP contribution in [0.2, 0.25) is 0 Å². The summed E-state index contributed by atoms with van der Waals surface area (Å²) in [6.45, 7) is 10.0. The smallest absolute Gasteiger partial charge is 0.303 e. The number of rotatable bonds is 12. The lowest BCUT2D eigenvalue weighted by Gasteiger charge is -2.39. The van der Waals surface area contributed by atoms with Gasteiger partial charge in [-0.05, 0) is 51.2 Å². The van der Waals surface area contributed by atoms with E-state index in [0.717, 1.165) is 17.6 Å². The first kappa shape index (κ1) is 34.6. The van der Waals surface area contributed by atoms with Crippen molar-refractivity contribution >= 4 is 17.8 Å². The van der Waals surface area contributed by atoms with E-state index in [1.807, 2.05) is 56.3 Å². The number of esters is 1. The Bertz CT molecular complexity index is 1260. The number of carbonyl (C=O) groups is 3. The predicted molar refractivity (Wildman–Crippen MR) is 169 cm³/mol. The third kappa shape index (κ3) is 10.4. The number of epoxide rings is 1. The number of benzene rings is 1. The fraction of sp³-hybridized carbons (Fsp3) is 0.571. The lowest BCUT2D eigenvalue weighted by Crippen LogP contribution is -2.50. The molecular weight excluding hydrogens is 576 g/mol. The van der Waals surface area contributed by atoms with Gasteiger partial charge in [0.15, 0.2) is 0 Å². The molecule has 10 nitrogen and oxygen atoms in total. The summed E-state index contributed by atoms with van der Waals surface area (Å²) >= 11 is 0. The maximum absolute atomic E-state index is 12.6. The van der Waals surface area contributed by atoms with Crippen LogP contribution in [-0.4, -0.2) is 77.8 Å². The highest BCUT2D eigenvalue weighted by Gasteiger charge is 2.58. The molecule has 3 N–H and O–H groups in total. The second-order valence-corrected chi connectivity index (χ2v) is 12.6. The van der Waals surface area contributed by atoms with E-state index in [2.05, 4.69) is 23.6 Å². The zero-order valence-electron chi connectivity index (χ0n) is 26.9. The van der Waals surface area contributed by atoms with E-state index in [1.54, 1.807) is 13.0 Å². The van der Waals surface area contributed by atoms with Crippen molar-refractivity contribution < 1.29 is 38.4 Å². The van der Waals surface area contributed by atoms with Crippen LogP contribution in [0.15, 0.2) is 66.3 Å². The van der Waals surface area contributed by atoms with E-state index in [1.165, 1.54) is 13.0 Å². The van der Waals surface area contributed by atoms with Gasteiger partial charge in [-0.3, -0.25) is 14.4 Å². The third-order valence-corrected chi connectivity index (χ3v) is 8.67. The monoisotopic (exact) mass is 624 g/mol. The number of amides is 2. The Kier molecular flexibility index (Phi) is 12.1. The summed E-state index contributed by atoms with van der Waals surface area (Å²) in [5, 5.41) is 16.9. The molecule has 10 heteroatoms. The summed E-state index contributed by atoms with van der Waals surface area (Å²) in [4.78, 5) is 36.1. The van der Waals surface area contributed by atoms with E-state index in [-0.39, 0.29) is 48.5 Å². The summed E-state index contributed by atoms with van der Waals surface area (Å²) < 4.78 is 23.2. The molecule has 0 bridgehead atoms. The van der Waals surface area contributed by atoms with Gasteiger partial charge in [-0.25, -0.2) is 0 Å². The highest BCUT2D eigenvalue weighted by molar-refractivity contribution is 5.87. The van der Waals surface area contributed by atoms with Crippen molar-refractivity contribution in [2.24, 2.45) is 5.92 Å². The Morgan fingerprint density at radius 1 is 1.13 bits per heavy atom. The molecule has 45 heavy (non-hydrogen) atoms. The maximum Gasteiger partial charge on any atom is 0.303 e. The number of aliphatic hydroxyl groups excluding tert-OH is 1. The van der Waals surface area contributed by atoms with Crippen LogP contribution in [0.1, 0.15) is 65.9 Å².